The molecular weight excluding hydrogens is 1010 g/mol. The number of nitrogens with one attached hydrogen (secondary N) is 1. The third kappa shape index (κ3) is 64.8. The van der Waals surface area contributed by atoms with Gasteiger partial charge in [-0.1, -0.05) is 373 Å². The Kier molecular flexibility index (Phi) is 62.2. The molecule has 8 nitrogen and oxygen atoms in total. The maximum absolute atomic E-state index is 13.1. The predicted octanol–water partition coefficient (Wildman–Crippen LogP) is 22.9. The molecule has 1 amide bonds. The van der Waals surface area contributed by atoms with Gasteiger partial charge >= 0.3 is 7.82 Å². The van der Waals surface area contributed by atoms with Gasteiger partial charge in [0.1, 0.15) is 13.2 Å². The van der Waals surface area contributed by atoms with Crippen molar-refractivity contribution in [2.75, 3.05) is 40.9 Å². The van der Waals surface area contributed by atoms with E-state index in [0.29, 0.717) is 17.4 Å². The van der Waals surface area contributed by atoms with Crippen LogP contribution in [0.3, 0.4) is 0 Å². The summed E-state index contributed by atoms with van der Waals surface area (Å²) in [5, 5.41) is 14.0. The minimum Gasteiger partial charge on any atom is -0.387 e. The monoisotopic (exact) mass is 1150 g/mol. The molecule has 0 heterocycles. The maximum atomic E-state index is 13.1. The number of quaternary nitrogens is 1. The van der Waals surface area contributed by atoms with Crippen molar-refractivity contribution in [1.29, 1.82) is 0 Å². The number of unbranched alkanes of at least 4 members (excludes halogenated alkanes) is 55. The molecule has 3 atom stereocenters. The van der Waals surface area contributed by atoms with Crippen LogP contribution in [0.15, 0.2) is 12.2 Å². The number of aliphatic hydroxyl groups excluding tert-OH is 1. The summed E-state index contributed by atoms with van der Waals surface area (Å²) in [6.45, 7) is 4.89. The molecule has 3 unspecified atom stereocenters. The number of allylic oxidation sites excluding steroid dienone is 1. The highest BCUT2D eigenvalue weighted by Gasteiger charge is 2.28. The Labute approximate surface area is 501 Å². The quantitative estimate of drug-likeness (QED) is 0.0243. The summed E-state index contributed by atoms with van der Waals surface area (Å²) in [6, 6.07) is -0.844. The molecule has 0 rings (SSSR count). The molecule has 478 valence electrons. The highest BCUT2D eigenvalue weighted by Crippen LogP contribution is 2.43. The Morgan fingerprint density at radius 2 is 0.662 bits per heavy atom. The van der Waals surface area contributed by atoms with E-state index in [0.717, 1.165) is 32.1 Å². The lowest BCUT2D eigenvalue weighted by atomic mass is 10.0. The summed E-state index contributed by atoms with van der Waals surface area (Å²) in [5.41, 5.74) is 0. The number of rotatable bonds is 68. The fraction of sp³-hybridized carbons (Fsp3) is 0.958. The number of aliphatic hydroxyl groups is 1. The van der Waals surface area contributed by atoms with E-state index in [4.69, 9.17) is 9.05 Å². The molecule has 3 N–H and O–H groups in total. The number of amides is 1. The van der Waals surface area contributed by atoms with E-state index in [1.165, 1.54) is 334 Å². The first-order valence-corrected chi connectivity index (χ1v) is 37.6. The second kappa shape index (κ2) is 62.8. The Morgan fingerprint density at radius 3 is 0.925 bits per heavy atom. The average Bonchev–Trinajstić information content (AvgIpc) is 3.42. The minimum absolute atomic E-state index is 0.0656. The van der Waals surface area contributed by atoms with Crippen molar-refractivity contribution >= 4 is 13.7 Å². The van der Waals surface area contributed by atoms with Crippen LogP contribution >= 0.6 is 7.82 Å². The van der Waals surface area contributed by atoms with Crippen LogP contribution in [0.25, 0.3) is 0 Å². The van der Waals surface area contributed by atoms with Crippen LogP contribution in [0.1, 0.15) is 386 Å². The predicted molar refractivity (Wildman–Crippen MR) is 351 cm³/mol. The smallest absolute Gasteiger partial charge is 0.387 e. The van der Waals surface area contributed by atoms with E-state index in [1.807, 2.05) is 27.2 Å². The summed E-state index contributed by atoms with van der Waals surface area (Å²) in [6.07, 6.45) is 80.8. The van der Waals surface area contributed by atoms with Gasteiger partial charge in [0, 0.05) is 6.42 Å². The molecule has 0 aromatic rings. The van der Waals surface area contributed by atoms with Gasteiger partial charge < -0.3 is 19.8 Å². The second-order valence-electron chi connectivity index (χ2n) is 26.3. The van der Waals surface area contributed by atoms with E-state index in [9.17, 15) is 19.4 Å². The third-order valence-electron chi connectivity index (χ3n) is 17.0. The summed E-state index contributed by atoms with van der Waals surface area (Å²) < 4.78 is 23.8. The average molecular weight is 1150 g/mol. The van der Waals surface area contributed by atoms with Crippen molar-refractivity contribution < 1.29 is 32.9 Å². The van der Waals surface area contributed by atoms with Crippen molar-refractivity contribution in [1.82, 2.24) is 5.32 Å². The number of hydrogen-bond acceptors (Lipinski definition) is 5. The highest BCUT2D eigenvalue weighted by atomic mass is 31.2. The SMILES string of the molecule is CCCCCCCCCCCCCCCCCCCCCCCCCCCC/C=C/C(O)C(COP(=O)(O)OCC[N+](C)(C)C)NC(=O)CCCCCCCCCCCCCCCCCCCCCCCCCCCCCCCC. The molecule has 0 saturated heterocycles. The van der Waals surface area contributed by atoms with Crippen molar-refractivity contribution in [3.8, 4) is 0 Å². The van der Waals surface area contributed by atoms with E-state index in [2.05, 4.69) is 19.2 Å². The Bertz CT molecular complexity index is 1310. The van der Waals surface area contributed by atoms with Crippen LogP contribution in [0.2, 0.25) is 0 Å². The van der Waals surface area contributed by atoms with Crippen LogP contribution in [-0.2, 0) is 18.4 Å². The maximum Gasteiger partial charge on any atom is 0.472 e. The zero-order valence-corrected chi connectivity index (χ0v) is 55.8. The molecule has 0 spiro atoms. The molecule has 0 aliphatic rings. The fourth-order valence-corrected chi connectivity index (χ4v) is 12.1. The van der Waals surface area contributed by atoms with Gasteiger partial charge in [-0.15, -0.1) is 0 Å². The lowest BCUT2D eigenvalue weighted by Crippen LogP contribution is -2.45. The standard InChI is InChI=1S/C71H143N2O6P/c1-6-8-10-12-14-16-18-20-22-24-26-28-30-32-34-36-37-39-41-43-45-47-49-51-53-55-57-59-61-63-65-71(75)72-69(68-79-80(76,77)78-67-66-73(3,4)5)70(74)64-62-60-58-56-54-52-50-48-46-44-42-40-38-35-33-31-29-27-25-23-21-19-17-15-13-11-9-7-2/h62,64,69-70,74H,6-61,63,65-68H2,1-5H3,(H-,72,75,76,77)/p+1/b64-62+. The molecule has 0 aromatic carbocycles. The summed E-state index contributed by atoms with van der Waals surface area (Å²) >= 11 is 0. The van der Waals surface area contributed by atoms with Gasteiger partial charge in [0.25, 0.3) is 0 Å². The van der Waals surface area contributed by atoms with E-state index in [-0.39, 0.29) is 19.1 Å². The molecule has 9 heteroatoms. The Balaban J connectivity index is 4.01. The number of likely N-dealkylation sites (N-methyl/N-ethyl adjacent to an activating group) is 1. The second-order valence-corrected chi connectivity index (χ2v) is 27.8. The number of carbonyl (C=O) groups excluding carboxylic acids is 1. The zero-order chi connectivity index (χ0) is 58.4. The summed E-state index contributed by atoms with van der Waals surface area (Å²) in [7, 11) is 1.60. The highest BCUT2D eigenvalue weighted by molar-refractivity contribution is 7.47. The molecular formula is C71H144N2O6P+. The number of nitrogens with zero attached hydrogens (tertiary/aromatic N) is 1. The van der Waals surface area contributed by atoms with E-state index >= 15 is 0 Å². The van der Waals surface area contributed by atoms with E-state index < -0.39 is 20.0 Å². The lowest BCUT2D eigenvalue weighted by molar-refractivity contribution is -0.870. The first-order chi connectivity index (χ1) is 39.0. The van der Waals surface area contributed by atoms with Gasteiger partial charge in [-0.3, -0.25) is 13.8 Å². The Hall–Kier alpha value is -0.760. The minimum atomic E-state index is -4.35. The normalized spacial score (nSPS) is 13.6. The zero-order valence-electron chi connectivity index (χ0n) is 54.9. The van der Waals surface area contributed by atoms with Crippen LogP contribution < -0.4 is 5.32 Å². The number of hydrogen-bond donors (Lipinski definition) is 3. The fourth-order valence-electron chi connectivity index (χ4n) is 11.4. The van der Waals surface area contributed by atoms with Gasteiger partial charge in [0.15, 0.2) is 0 Å². The van der Waals surface area contributed by atoms with Crippen molar-refractivity contribution in [3.05, 3.63) is 12.2 Å². The molecule has 0 radical (unpaired) electrons. The van der Waals surface area contributed by atoms with Crippen molar-refractivity contribution in [2.24, 2.45) is 0 Å². The molecule has 0 aliphatic carbocycles. The largest absolute Gasteiger partial charge is 0.472 e. The van der Waals surface area contributed by atoms with Crippen molar-refractivity contribution in [3.63, 3.8) is 0 Å². The third-order valence-corrected chi connectivity index (χ3v) is 18.0. The van der Waals surface area contributed by atoms with Crippen LogP contribution in [0.5, 0.6) is 0 Å². The van der Waals surface area contributed by atoms with E-state index in [1.54, 1.807) is 6.08 Å². The first kappa shape index (κ1) is 79.2. The number of carbonyl (C=O) groups is 1. The van der Waals surface area contributed by atoms with Gasteiger partial charge in [0.05, 0.1) is 39.9 Å². The first-order valence-electron chi connectivity index (χ1n) is 36.1. The molecule has 0 fully saturated rings. The van der Waals surface area contributed by atoms with Gasteiger partial charge in [-0.05, 0) is 19.3 Å². The van der Waals surface area contributed by atoms with Gasteiger partial charge in [0.2, 0.25) is 5.91 Å². The van der Waals surface area contributed by atoms with Gasteiger partial charge in [-0.2, -0.15) is 0 Å². The Morgan fingerprint density at radius 1 is 0.412 bits per heavy atom. The molecule has 0 saturated carbocycles. The van der Waals surface area contributed by atoms with Crippen LogP contribution in [-0.4, -0.2) is 73.4 Å². The van der Waals surface area contributed by atoms with Crippen LogP contribution in [0, 0.1) is 0 Å². The number of phosphoric ester groups is 1. The van der Waals surface area contributed by atoms with Crippen LogP contribution in [0.4, 0.5) is 0 Å². The van der Waals surface area contributed by atoms with Gasteiger partial charge in [-0.25, -0.2) is 4.57 Å². The lowest BCUT2D eigenvalue weighted by Gasteiger charge is -2.25. The number of phosphoric acid groups is 1. The molecule has 0 bridgehead atoms. The van der Waals surface area contributed by atoms with Crippen molar-refractivity contribution in [2.45, 2.75) is 398 Å². The topological polar surface area (TPSA) is 105 Å². The molecule has 80 heavy (non-hydrogen) atoms. The molecule has 0 aliphatic heterocycles. The molecule has 0 aromatic heterocycles. The summed E-state index contributed by atoms with van der Waals surface area (Å²) in [4.78, 5) is 23.4. The summed E-state index contributed by atoms with van der Waals surface area (Å²) in [5.74, 6) is -0.166.